The highest BCUT2D eigenvalue weighted by Crippen LogP contribution is 2.16. The van der Waals surface area contributed by atoms with E-state index in [-0.39, 0.29) is 28.9 Å². The minimum atomic E-state index is -0.350. The van der Waals surface area contributed by atoms with Crippen LogP contribution in [-0.4, -0.2) is 63.8 Å². The van der Waals surface area contributed by atoms with Gasteiger partial charge in [0.05, 0.1) is 18.9 Å². The second-order valence-electron chi connectivity index (χ2n) is 8.17. The van der Waals surface area contributed by atoms with Crippen LogP contribution in [-0.2, 0) is 11.2 Å². The van der Waals surface area contributed by atoms with E-state index in [1.165, 1.54) is 10.6 Å². The molecule has 0 radical (unpaired) electrons. The number of nitrogens with zero attached hydrogens (tertiary/aromatic N) is 4. The summed E-state index contributed by atoms with van der Waals surface area (Å²) in [6, 6.07) is 16.8. The van der Waals surface area contributed by atoms with Crippen molar-refractivity contribution in [3.8, 4) is 5.75 Å². The predicted octanol–water partition coefficient (Wildman–Crippen LogP) is 2.25. The molecule has 5 rings (SSSR count). The van der Waals surface area contributed by atoms with E-state index in [1.54, 1.807) is 30.5 Å². The number of aromatic nitrogens is 3. The van der Waals surface area contributed by atoms with Crippen LogP contribution in [0.3, 0.4) is 0 Å². The quantitative estimate of drug-likeness (QED) is 0.421. The molecule has 9 heteroatoms. The number of ether oxygens (including phenoxy) is 2. The van der Waals surface area contributed by atoms with Gasteiger partial charge >= 0.3 is 0 Å². The molecule has 0 saturated carbocycles. The van der Waals surface area contributed by atoms with Crippen LogP contribution < -0.4 is 15.5 Å². The van der Waals surface area contributed by atoms with E-state index in [2.05, 4.69) is 14.9 Å². The smallest absolute Gasteiger partial charge is 0.270 e. The summed E-state index contributed by atoms with van der Waals surface area (Å²) in [5, 5.41) is 11.3. The molecule has 182 valence electrons. The number of aliphatic hydroxyl groups excluding tert-OH is 1. The Labute approximate surface area is 208 Å². The Morgan fingerprint density at radius 1 is 1.06 bits per heavy atom. The van der Waals surface area contributed by atoms with Gasteiger partial charge in [0.15, 0.2) is 0 Å². The first-order chi connectivity index (χ1) is 16.7. The van der Waals surface area contributed by atoms with Crippen molar-refractivity contribution in [2.45, 2.75) is 6.42 Å². The number of benzene rings is 2. The number of aliphatic hydroxyl groups is 1. The van der Waals surface area contributed by atoms with E-state index >= 15 is 0 Å². The maximum atomic E-state index is 13.2. The molecular formula is C26H27ClN4O4. The molecule has 0 aliphatic carbocycles. The molecule has 4 aromatic rings. The monoisotopic (exact) mass is 494 g/mol. The molecule has 0 atom stereocenters. The summed E-state index contributed by atoms with van der Waals surface area (Å²) in [6.45, 7) is 4.77. The molecule has 3 heterocycles. The van der Waals surface area contributed by atoms with Crippen molar-refractivity contribution in [1.29, 1.82) is 0 Å². The van der Waals surface area contributed by atoms with E-state index in [0.29, 0.717) is 35.8 Å². The summed E-state index contributed by atoms with van der Waals surface area (Å²) in [6.07, 6.45) is 3.49. The van der Waals surface area contributed by atoms with E-state index in [9.17, 15) is 9.90 Å². The largest absolute Gasteiger partial charge is 0.506 e. The standard InChI is InChI=1S/C26H26N4O4.ClH/c31-24(20-6-8-21(9-7-20)34-17-14-29-12-15-33-16-13-29)23-22(18-19-4-2-1-3-5-19)28-26-27-10-11-30(26)25(23)32;/h1-11,31H,12-18H2;1H. The molecule has 1 aliphatic heterocycles. The van der Waals surface area contributed by atoms with Crippen molar-refractivity contribution >= 4 is 23.9 Å². The number of morpholine rings is 1. The van der Waals surface area contributed by atoms with Gasteiger partial charge in [-0.05, 0) is 29.8 Å². The molecule has 1 fully saturated rings. The van der Waals surface area contributed by atoms with Crippen LogP contribution >= 0.6 is 12.4 Å². The van der Waals surface area contributed by atoms with Gasteiger partial charge in [0.2, 0.25) is 5.78 Å². The molecular weight excluding hydrogens is 468 g/mol. The Morgan fingerprint density at radius 3 is 2.54 bits per heavy atom. The first-order valence-corrected chi connectivity index (χ1v) is 11.4. The van der Waals surface area contributed by atoms with Gasteiger partial charge in [-0.25, -0.2) is 14.4 Å². The first kappa shape index (κ1) is 24.7. The summed E-state index contributed by atoms with van der Waals surface area (Å²) < 4.78 is 12.6. The lowest BCUT2D eigenvalue weighted by Crippen LogP contribution is -2.38. The number of imidazole rings is 1. The lowest BCUT2D eigenvalue weighted by molar-refractivity contribution is 0.0322. The normalized spacial score (nSPS) is 15.0. The Bertz CT molecular complexity index is 1370. The Morgan fingerprint density at radius 2 is 1.80 bits per heavy atom. The minimum Gasteiger partial charge on any atom is -0.506 e. The van der Waals surface area contributed by atoms with Crippen LogP contribution in [0.2, 0.25) is 0 Å². The number of halogens is 1. The molecule has 2 aromatic carbocycles. The lowest BCUT2D eigenvalue weighted by Gasteiger charge is -2.26. The average molecular weight is 495 g/mol. The molecule has 1 aliphatic rings. The third-order valence-electron chi connectivity index (χ3n) is 5.94. The van der Waals surface area contributed by atoms with Gasteiger partial charge in [-0.2, -0.15) is 0 Å². The molecule has 1 N–H and O–H groups in total. The van der Waals surface area contributed by atoms with Gasteiger partial charge in [0.25, 0.3) is 5.56 Å². The molecule has 0 amide bonds. The fourth-order valence-corrected chi connectivity index (χ4v) is 4.08. The topological polar surface area (TPSA) is 89.2 Å². The van der Waals surface area contributed by atoms with Gasteiger partial charge in [-0.1, -0.05) is 30.3 Å². The highest BCUT2D eigenvalue weighted by atomic mass is 35.5. The fourth-order valence-electron chi connectivity index (χ4n) is 4.08. The van der Waals surface area contributed by atoms with E-state index < -0.39 is 0 Å². The van der Waals surface area contributed by atoms with Gasteiger partial charge < -0.3 is 14.6 Å². The number of hydrogen-bond donors (Lipinski definition) is 1. The predicted molar refractivity (Wildman–Crippen MR) is 135 cm³/mol. The highest BCUT2D eigenvalue weighted by Gasteiger charge is 2.15. The second kappa shape index (κ2) is 11.3. The van der Waals surface area contributed by atoms with E-state index in [0.717, 1.165) is 38.4 Å². The zero-order chi connectivity index (χ0) is 23.3. The Kier molecular flexibility index (Phi) is 7.97. The molecule has 0 spiro atoms. The zero-order valence-electron chi connectivity index (χ0n) is 19.2. The van der Waals surface area contributed by atoms with Gasteiger partial charge in [0.1, 0.15) is 23.3 Å². The van der Waals surface area contributed by atoms with Crippen LogP contribution in [0.1, 0.15) is 16.8 Å². The van der Waals surface area contributed by atoms with Gasteiger partial charge in [0, 0.05) is 44.0 Å². The first-order valence-electron chi connectivity index (χ1n) is 11.4. The van der Waals surface area contributed by atoms with Crippen LogP contribution in [0.15, 0.2) is 71.8 Å². The van der Waals surface area contributed by atoms with Crippen LogP contribution in [0, 0.1) is 0 Å². The van der Waals surface area contributed by atoms with Crippen molar-refractivity contribution < 1.29 is 14.6 Å². The zero-order valence-corrected chi connectivity index (χ0v) is 20.0. The van der Waals surface area contributed by atoms with Gasteiger partial charge in [-0.15, -0.1) is 12.4 Å². The van der Waals surface area contributed by atoms with Crippen molar-refractivity contribution in [1.82, 2.24) is 19.3 Å². The van der Waals surface area contributed by atoms with Crippen LogP contribution in [0.4, 0.5) is 0 Å². The molecule has 8 nitrogen and oxygen atoms in total. The second-order valence-corrected chi connectivity index (χ2v) is 8.17. The Balaban J connectivity index is 0.00000289. The highest BCUT2D eigenvalue weighted by molar-refractivity contribution is 5.85. The van der Waals surface area contributed by atoms with Gasteiger partial charge in [-0.3, -0.25) is 9.69 Å². The molecule has 2 aromatic heterocycles. The van der Waals surface area contributed by atoms with E-state index in [4.69, 9.17) is 9.47 Å². The molecule has 35 heavy (non-hydrogen) atoms. The van der Waals surface area contributed by atoms with Crippen molar-refractivity contribution in [3.63, 3.8) is 0 Å². The summed E-state index contributed by atoms with van der Waals surface area (Å²) in [5.41, 5.74) is 1.64. The van der Waals surface area contributed by atoms with Crippen molar-refractivity contribution in [2.24, 2.45) is 0 Å². The number of hydrogen-bond acceptors (Lipinski definition) is 7. The minimum absolute atomic E-state index is 0. The molecule has 0 unspecified atom stereocenters. The number of rotatable bonds is 7. The summed E-state index contributed by atoms with van der Waals surface area (Å²) >= 11 is 0. The van der Waals surface area contributed by atoms with Crippen LogP contribution in [0.25, 0.3) is 11.5 Å². The lowest BCUT2D eigenvalue weighted by atomic mass is 10.1. The third kappa shape index (κ3) is 5.62. The Hall–Kier alpha value is -3.46. The fraction of sp³-hybridized carbons (Fsp3) is 0.269. The summed E-state index contributed by atoms with van der Waals surface area (Å²) in [7, 11) is 0. The maximum absolute atomic E-state index is 13.2. The van der Waals surface area contributed by atoms with Crippen molar-refractivity contribution in [2.75, 3.05) is 39.5 Å². The average Bonchev–Trinajstić information content (AvgIpc) is 3.35. The van der Waals surface area contributed by atoms with E-state index in [1.807, 2.05) is 30.3 Å². The molecule has 0 bridgehead atoms. The molecule has 1 saturated heterocycles. The summed E-state index contributed by atoms with van der Waals surface area (Å²) in [4.78, 5) is 24.3. The van der Waals surface area contributed by atoms with Crippen LogP contribution in [0.5, 0.6) is 5.75 Å². The SMILES string of the molecule is Cl.O=c1c(=C(O)c2ccc(OCCN3CCOCC3)cc2)c(Cc2ccccc2)nc2nccn12. The van der Waals surface area contributed by atoms with Crippen molar-refractivity contribution in [3.05, 3.63) is 99.4 Å². The summed E-state index contributed by atoms with van der Waals surface area (Å²) in [5.74, 6) is 0.912. The number of fused-ring (bicyclic) bond motifs is 1. The third-order valence-corrected chi connectivity index (χ3v) is 5.94. The maximum Gasteiger partial charge on any atom is 0.270 e.